The summed E-state index contributed by atoms with van der Waals surface area (Å²) in [6, 6.07) is 3.88. The highest BCUT2D eigenvalue weighted by Gasteiger charge is 2.06. The lowest BCUT2D eigenvalue weighted by Gasteiger charge is -1.93. The first-order valence-corrected chi connectivity index (χ1v) is 6.70. The van der Waals surface area contributed by atoms with Crippen LogP contribution in [-0.4, -0.2) is 25.7 Å². The summed E-state index contributed by atoms with van der Waals surface area (Å²) in [6.07, 6.45) is 4.73. The molecule has 0 radical (unpaired) electrons. The topological polar surface area (TPSA) is 72.2 Å². The van der Waals surface area contributed by atoms with E-state index in [0.29, 0.717) is 10.1 Å². The molecule has 1 N–H and O–H groups in total. The van der Waals surface area contributed by atoms with Gasteiger partial charge in [-0.3, -0.25) is 10.1 Å². The molecule has 0 aliphatic carbocycles. The van der Waals surface area contributed by atoms with E-state index in [1.807, 2.05) is 17.5 Å². The van der Waals surface area contributed by atoms with Crippen molar-refractivity contribution in [3.05, 3.63) is 34.8 Å². The fourth-order valence-corrected chi connectivity index (χ4v) is 2.64. The molecule has 8 heteroatoms. The van der Waals surface area contributed by atoms with Gasteiger partial charge in [-0.15, -0.1) is 26.6 Å². The van der Waals surface area contributed by atoms with Gasteiger partial charge in [0.05, 0.1) is 0 Å². The Morgan fingerprint density at radius 1 is 1.50 bits per heavy atom. The molecule has 3 aromatic heterocycles. The molecular formula is C10H7N5OS2. The summed E-state index contributed by atoms with van der Waals surface area (Å²) in [5.41, 5.74) is 0. The van der Waals surface area contributed by atoms with Crippen LogP contribution in [0.3, 0.4) is 0 Å². The molecule has 0 aliphatic heterocycles. The van der Waals surface area contributed by atoms with E-state index in [1.54, 1.807) is 17.4 Å². The molecule has 6 nitrogen and oxygen atoms in total. The Bertz CT molecular complexity index is 668. The Hall–Kier alpha value is -2.06. The highest BCUT2D eigenvalue weighted by Crippen LogP contribution is 2.17. The zero-order valence-electron chi connectivity index (χ0n) is 8.98. The van der Waals surface area contributed by atoms with Gasteiger partial charge in [0.2, 0.25) is 16.0 Å². The number of fused-ring (bicyclic) bond motifs is 1. The summed E-state index contributed by atoms with van der Waals surface area (Å²) in [4.78, 5) is 13.3. The first kappa shape index (κ1) is 11.1. The maximum Gasteiger partial charge on any atom is 0.250 e. The molecule has 0 aromatic carbocycles. The molecule has 0 spiro atoms. The Labute approximate surface area is 110 Å². The van der Waals surface area contributed by atoms with Gasteiger partial charge < -0.3 is 0 Å². The molecule has 18 heavy (non-hydrogen) atoms. The van der Waals surface area contributed by atoms with Crippen molar-refractivity contribution >= 4 is 44.7 Å². The van der Waals surface area contributed by atoms with Crippen LogP contribution in [0.5, 0.6) is 0 Å². The number of nitrogens with zero attached hydrogens (tertiary/aromatic N) is 4. The molecule has 0 fully saturated rings. The van der Waals surface area contributed by atoms with Crippen LogP contribution in [-0.2, 0) is 4.79 Å². The number of anilines is 1. The van der Waals surface area contributed by atoms with Gasteiger partial charge in [-0.05, 0) is 17.5 Å². The van der Waals surface area contributed by atoms with Crippen LogP contribution in [0, 0.1) is 0 Å². The third-order valence-corrected chi connectivity index (χ3v) is 3.72. The second-order valence-electron chi connectivity index (χ2n) is 3.30. The van der Waals surface area contributed by atoms with E-state index in [4.69, 9.17) is 0 Å². The van der Waals surface area contributed by atoms with Gasteiger partial charge in [-0.1, -0.05) is 17.4 Å². The fraction of sp³-hybridized carbons (Fsp3) is 0. The Morgan fingerprint density at radius 2 is 2.44 bits per heavy atom. The van der Waals surface area contributed by atoms with Crippen molar-refractivity contribution in [1.82, 2.24) is 19.8 Å². The van der Waals surface area contributed by atoms with Crippen molar-refractivity contribution < 1.29 is 4.79 Å². The molecule has 0 unspecified atom stereocenters. The lowest BCUT2D eigenvalue weighted by Crippen LogP contribution is -2.07. The van der Waals surface area contributed by atoms with Gasteiger partial charge in [0, 0.05) is 11.0 Å². The third-order valence-electron chi connectivity index (χ3n) is 2.06. The molecule has 0 saturated carbocycles. The van der Waals surface area contributed by atoms with Gasteiger partial charge in [0.15, 0.2) is 0 Å². The number of amides is 1. The van der Waals surface area contributed by atoms with Crippen molar-refractivity contribution in [2.24, 2.45) is 0 Å². The summed E-state index contributed by atoms with van der Waals surface area (Å²) < 4.78 is 1.52. The maximum absolute atomic E-state index is 11.6. The van der Waals surface area contributed by atoms with Crippen molar-refractivity contribution in [2.75, 3.05) is 5.32 Å². The van der Waals surface area contributed by atoms with Crippen LogP contribution < -0.4 is 5.32 Å². The minimum absolute atomic E-state index is 0.214. The SMILES string of the molecule is O=C(C=Cc1cccs1)Nc1nn2cnnc2s1. The molecule has 0 aliphatic rings. The van der Waals surface area contributed by atoms with Crippen LogP contribution in [0.1, 0.15) is 4.88 Å². The van der Waals surface area contributed by atoms with Crippen LogP contribution in [0.25, 0.3) is 11.0 Å². The molecule has 0 atom stereocenters. The van der Waals surface area contributed by atoms with Gasteiger partial charge in [-0.25, -0.2) is 0 Å². The number of thiophene rings is 1. The van der Waals surface area contributed by atoms with E-state index >= 15 is 0 Å². The van der Waals surface area contributed by atoms with Gasteiger partial charge in [0.25, 0.3) is 0 Å². The molecule has 3 aromatic rings. The molecule has 0 bridgehead atoms. The maximum atomic E-state index is 11.6. The van der Waals surface area contributed by atoms with Crippen LogP contribution >= 0.6 is 22.7 Å². The van der Waals surface area contributed by atoms with E-state index in [2.05, 4.69) is 20.6 Å². The van der Waals surface area contributed by atoms with Crippen LogP contribution in [0.15, 0.2) is 29.9 Å². The van der Waals surface area contributed by atoms with E-state index in [9.17, 15) is 4.79 Å². The van der Waals surface area contributed by atoms with E-state index in [0.717, 1.165) is 4.88 Å². The fourth-order valence-electron chi connectivity index (χ4n) is 1.30. The molecular weight excluding hydrogens is 270 g/mol. The van der Waals surface area contributed by atoms with Crippen molar-refractivity contribution in [1.29, 1.82) is 0 Å². The molecule has 1 amide bonds. The second kappa shape index (κ2) is 4.67. The standard InChI is InChI=1S/C10H7N5OS2/c16-8(4-3-7-2-1-5-17-7)12-9-14-15-6-11-13-10(15)18-9/h1-6H,(H,12,14,16). The highest BCUT2D eigenvalue weighted by atomic mass is 32.1. The first-order valence-electron chi connectivity index (χ1n) is 5.01. The second-order valence-corrected chi connectivity index (χ2v) is 5.24. The number of rotatable bonds is 3. The Morgan fingerprint density at radius 3 is 3.22 bits per heavy atom. The summed E-state index contributed by atoms with van der Waals surface area (Å²) in [5.74, 6) is -0.214. The van der Waals surface area contributed by atoms with Gasteiger partial charge >= 0.3 is 0 Å². The lowest BCUT2D eigenvalue weighted by molar-refractivity contribution is -0.111. The van der Waals surface area contributed by atoms with Crippen molar-refractivity contribution in [3.8, 4) is 0 Å². The molecule has 0 saturated heterocycles. The number of aromatic nitrogens is 4. The molecule has 3 rings (SSSR count). The smallest absolute Gasteiger partial charge is 0.250 e. The number of hydrogen-bond donors (Lipinski definition) is 1. The zero-order valence-corrected chi connectivity index (χ0v) is 10.6. The average Bonchev–Trinajstić information content (AvgIpc) is 3.01. The van der Waals surface area contributed by atoms with E-state index < -0.39 is 0 Å². The van der Waals surface area contributed by atoms with Crippen LogP contribution in [0.4, 0.5) is 5.13 Å². The third kappa shape index (κ3) is 2.29. The van der Waals surface area contributed by atoms with Crippen molar-refractivity contribution in [2.45, 2.75) is 0 Å². The van der Waals surface area contributed by atoms with Gasteiger partial charge in [0.1, 0.15) is 6.33 Å². The van der Waals surface area contributed by atoms with Crippen LogP contribution in [0.2, 0.25) is 0 Å². The van der Waals surface area contributed by atoms with Gasteiger partial charge in [-0.2, -0.15) is 4.52 Å². The summed E-state index contributed by atoms with van der Waals surface area (Å²) in [5, 5.41) is 16.8. The number of hydrogen-bond acceptors (Lipinski definition) is 6. The number of nitrogens with one attached hydrogen (secondary N) is 1. The van der Waals surface area contributed by atoms with E-state index in [1.165, 1.54) is 28.3 Å². The minimum Gasteiger partial charge on any atom is -0.297 e. The predicted molar refractivity (Wildman–Crippen MR) is 70.6 cm³/mol. The largest absolute Gasteiger partial charge is 0.297 e. The Balaban J connectivity index is 1.69. The quantitative estimate of drug-likeness (QED) is 0.742. The summed E-state index contributed by atoms with van der Waals surface area (Å²) in [6.45, 7) is 0. The van der Waals surface area contributed by atoms with E-state index in [-0.39, 0.29) is 5.91 Å². The summed E-state index contributed by atoms with van der Waals surface area (Å²) in [7, 11) is 0. The first-order chi connectivity index (χ1) is 8.81. The highest BCUT2D eigenvalue weighted by molar-refractivity contribution is 7.20. The summed E-state index contributed by atoms with van der Waals surface area (Å²) >= 11 is 2.84. The minimum atomic E-state index is -0.214. The lowest BCUT2D eigenvalue weighted by atomic mass is 10.4. The zero-order chi connectivity index (χ0) is 12.4. The normalized spacial score (nSPS) is 11.3. The Kier molecular flexibility index (Phi) is 2.87. The number of carbonyl (C=O) groups is 1. The molecule has 90 valence electrons. The monoisotopic (exact) mass is 277 g/mol. The molecule has 3 heterocycles. The predicted octanol–water partition coefficient (Wildman–Crippen LogP) is 1.90. The average molecular weight is 277 g/mol. The number of carbonyl (C=O) groups excluding carboxylic acids is 1. The van der Waals surface area contributed by atoms with Crippen molar-refractivity contribution in [3.63, 3.8) is 0 Å².